The van der Waals surface area contributed by atoms with Crippen molar-refractivity contribution in [3.8, 4) is 0 Å². The van der Waals surface area contributed by atoms with Gasteiger partial charge in [0.25, 0.3) is 0 Å². The van der Waals surface area contributed by atoms with Crippen LogP contribution in [0.3, 0.4) is 0 Å². The molecule has 1 fully saturated rings. The predicted molar refractivity (Wildman–Crippen MR) is 64.7 cm³/mol. The van der Waals surface area contributed by atoms with Gasteiger partial charge in [-0.1, -0.05) is 6.08 Å². The van der Waals surface area contributed by atoms with Crippen molar-refractivity contribution in [1.82, 2.24) is 0 Å². The van der Waals surface area contributed by atoms with E-state index < -0.39 is 11.6 Å². The number of carbonyl (C=O) groups is 1. The molecule has 2 nitrogen and oxygen atoms in total. The summed E-state index contributed by atoms with van der Waals surface area (Å²) < 4.78 is 26.6. The first-order valence-electron chi connectivity index (χ1n) is 5.11. The van der Waals surface area contributed by atoms with Crippen molar-refractivity contribution in [1.29, 1.82) is 0 Å². The first-order valence-corrected chi connectivity index (χ1v) is 5.90. The van der Waals surface area contributed by atoms with Gasteiger partial charge in [0.1, 0.15) is 5.82 Å². The maximum Gasteiger partial charge on any atom is 0.227 e. The summed E-state index contributed by atoms with van der Waals surface area (Å²) >= 11 is 2.82. The molecule has 1 heterocycles. The lowest BCUT2D eigenvalue weighted by atomic mass is 10.1. The first-order chi connectivity index (χ1) is 8.04. The van der Waals surface area contributed by atoms with Gasteiger partial charge in [0.2, 0.25) is 5.91 Å². The van der Waals surface area contributed by atoms with Gasteiger partial charge in [-0.15, -0.1) is 6.58 Å². The van der Waals surface area contributed by atoms with Crippen molar-refractivity contribution in [3.05, 3.63) is 40.9 Å². The monoisotopic (exact) mass is 301 g/mol. The molecule has 2 rings (SSSR count). The lowest BCUT2D eigenvalue weighted by Gasteiger charge is -2.17. The molecule has 0 aliphatic carbocycles. The van der Waals surface area contributed by atoms with E-state index in [0.29, 0.717) is 13.0 Å². The second kappa shape index (κ2) is 4.56. The number of amides is 1. The second-order valence-electron chi connectivity index (χ2n) is 3.90. The van der Waals surface area contributed by atoms with E-state index >= 15 is 0 Å². The minimum atomic E-state index is -0.747. The molecule has 1 saturated heterocycles. The first kappa shape index (κ1) is 12.2. The van der Waals surface area contributed by atoms with E-state index in [9.17, 15) is 13.6 Å². The number of rotatable bonds is 2. The van der Waals surface area contributed by atoms with Gasteiger partial charge < -0.3 is 4.90 Å². The third kappa shape index (κ3) is 2.11. The minimum Gasteiger partial charge on any atom is -0.309 e. The zero-order chi connectivity index (χ0) is 12.6. The van der Waals surface area contributed by atoms with Crippen molar-refractivity contribution in [2.24, 2.45) is 5.92 Å². The zero-order valence-corrected chi connectivity index (χ0v) is 10.5. The number of halogens is 3. The van der Waals surface area contributed by atoms with Crippen molar-refractivity contribution in [2.75, 3.05) is 11.4 Å². The van der Waals surface area contributed by atoms with Crippen LogP contribution in [0, 0.1) is 17.6 Å². The van der Waals surface area contributed by atoms with Crippen LogP contribution in [-0.2, 0) is 4.79 Å². The molecule has 1 aromatic carbocycles. The van der Waals surface area contributed by atoms with E-state index in [1.165, 1.54) is 11.0 Å². The Kier molecular flexibility index (Phi) is 3.28. The molecule has 0 N–H and O–H groups in total. The van der Waals surface area contributed by atoms with Gasteiger partial charge in [0, 0.05) is 18.9 Å². The van der Waals surface area contributed by atoms with Gasteiger partial charge in [0.05, 0.1) is 10.2 Å². The number of hydrogen-bond acceptors (Lipinski definition) is 1. The fourth-order valence-corrected chi connectivity index (χ4v) is 2.19. The summed E-state index contributed by atoms with van der Waals surface area (Å²) in [5.41, 5.74) is 0.104. The van der Waals surface area contributed by atoms with Crippen LogP contribution in [0.5, 0.6) is 0 Å². The molecule has 1 unspecified atom stereocenters. The van der Waals surface area contributed by atoms with Gasteiger partial charge in [-0.25, -0.2) is 8.78 Å². The Labute approximate surface area is 106 Å². The second-order valence-corrected chi connectivity index (χ2v) is 4.69. The fraction of sp³-hybridized carbons (Fsp3) is 0.250. The summed E-state index contributed by atoms with van der Waals surface area (Å²) in [7, 11) is 0. The Morgan fingerprint density at radius 2 is 2.18 bits per heavy atom. The van der Waals surface area contributed by atoms with Crippen molar-refractivity contribution >= 4 is 27.5 Å². The molecule has 0 radical (unpaired) electrons. The Hall–Kier alpha value is -1.23. The summed E-state index contributed by atoms with van der Waals surface area (Å²) in [6.07, 6.45) is 1.99. The Morgan fingerprint density at radius 3 is 2.76 bits per heavy atom. The molecule has 0 bridgehead atoms. The lowest BCUT2D eigenvalue weighted by Crippen LogP contribution is -2.25. The van der Waals surface area contributed by atoms with Crippen molar-refractivity contribution in [3.63, 3.8) is 0 Å². The van der Waals surface area contributed by atoms with Gasteiger partial charge in [-0.05, 0) is 28.1 Å². The quantitative estimate of drug-likeness (QED) is 0.606. The Balaban J connectivity index is 2.39. The molecule has 1 aromatic rings. The van der Waals surface area contributed by atoms with E-state index in [1.54, 1.807) is 6.08 Å². The molecule has 0 aromatic heterocycles. The lowest BCUT2D eigenvalue weighted by molar-refractivity contribution is -0.117. The summed E-state index contributed by atoms with van der Waals surface area (Å²) in [6, 6.07) is 2.41. The molecule has 90 valence electrons. The van der Waals surface area contributed by atoms with Gasteiger partial charge in [-0.2, -0.15) is 0 Å². The molecule has 1 amide bonds. The van der Waals surface area contributed by atoms with Crippen LogP contribution in [0.15, 0.2) is 29.3 Å². The van der Waals surface area contributed by atoms with E-state index in [-0.39, 0.29) is 22.0 Å². The van der Waals surface area contributed by atoms with Crippen LogP contribution in [0.25, 0.3) is 0 Å². The van der Waals surface area contributed by atoms with Crippen LogP contribution in [0.1, 0.15) is 6.42 Å². The third-order valence-corrected chi connectivity index (χ3v) is 3.52. The van der Waals surface area contributed by atoms with Gasteiger partial charge in [0.15, 0.2) is 5.82 Å². The molecular formula is C12H10BrF2NO. The summed E-state index contributed by atoms with van der Waals surface area (Å²) in [6.45, 7) is 4.00. The molecule has 5 heteroatoms. The van der Waals surface area contributed by atoms with Gasteiger partial charge in [-0.3, -0.25) is 4.79 Å². The standard InChI is InChI=1S/C12H10BrF2NO/c1-2-7-5-10(17)16(6-7)9-4-3-8(14)11(13)12(9)15/h2-4,7H,1,5-6H2. The number of anilines is 1. The largest absolute Gasteiger partial charge is 0.309 e. The van der Waals surface area contributed by atoms with E-state index in [0.717, 1.165) is 6.07 Å². The maximum absolute atomic E-state index is 13.8. The highest BCUT2D eigenvalue weighted by atomic mass is 79.9. The van der Waals surface area contributed by atoms with E-state index in [4.69, 9.17) is 0 Å². The van der Waals surface area contributed by atoms with Crippen molar-refractivity contribution in [2.45, 2.75) is 6.42 Å². The average molecular weight is 302 g/mol. The Bertz CT molecular complexity index is 490. The summed E-state index contributed by atoms with van der Waals surface area (Å²) in [5, 5.41) is 0. The van der Waals surface area contributed by atoms with Crippen LogP contribution in [0.2, 0.25) is 0 Å². The van der Waals surface area contributed by atoms with Crippen LogP contribution in [0.4, 0.5) is 14.5 Å². The topological polar surface area (TPSA) is 20.3 Å². The third-order valence-electron chi connectivity index (χ3n) is 2.79. The number of nitrogens with zero attached hydrogens (tertiary/aromatic N) is 1. The van der Waals surface area contributed by atoms with Crippen LogP contribution in [-0.4, -0.2) is 12.5 Å². The molecule has 0 spiro atoms. The number of carbonyl (C=O) groups excluding carboxylic acids is 1. The normalized spacial score (nSPS) is 19.8. The zero-order valence-electron chi connectivity index (χ0n) is 8.92. The molecule has 1 aliphatic heterocycles. The highest BCUT2D eigenvalue weighted by molar-refractivity contribution is 9.10. The van der Waals surface area contributed by atoms with E-state index in [1.807, 2.05) is 0 Å². The molecule has 17 heavy (non-hydrogen) atoms. The summed E-state index contributed by atoms with van der Waals surface area (Å²) in [4.78, 5) is 13.0. The van der Waals surface area contributed by atoms with Crippen LogP contribution < -0.4 is 4.90 Å². The highest BCUT2D eigenvalue weighted by Gasteiger charge is 2.31. The number of hydrogen-bond donors (Lipinski definition) is 0. The molecule has 1 aliphatic rings. The molecular weight excluding hydrogens is 292 g/mol. The SMILES string of the molecule is C=CC1CC(=O)N(c2ccc(F)c(Br)c2F)C1. The smallest absolute Gasteiger partial charge is 0.227 e. The van der Waals surface area contributed by atoms with Gasteiger partial charge >= 0.3 is 0 Å². The fourth-order valence-electron chi connectivity index (χ4n) is 1.85. The Morgan fingerprint density at radius 1 is 1.47 bits per heavy atom. The molecule has 0 saturated carbocycles. The minimum absolute atomic E-state index is 0.0192. The average Bonchev–Trinajstić information content (AvgIpc) is 2.68. The maximum atomic E-state index is 13.8. The van der Waals surface area contributed by atoms with Crippen LogP contribution >= 0.6 is 15.9 Å². The predicted octanol–water partition coefficient (Wildman–Crippen LogP) is 3.27. The number of benzene rings is 1. The van der Waals surface area contributed by atoms with Crippen molar-refractivity contribution < 1.29 is 13.6 Å². The highest BCUT2D eigenvalue weighted by Crippen LogP contribution is 2.32. The summed E-state index contributed by atoms with van der Waals surface area (Å²) in [5.74, 6) is -1.58. The molecule has 1 atom stereocenters. The van der Waals surface area contributed by atoms with E-state index in [2.05, 4.69) is 22.5 Å².